The van der Waals surface area contributed by atoms with Crippen LogP contribution in [0.4, 0.5) is 4.79 Å². The Kier molecular flexibility index (Phi) is 3.57. The van der Waals surface area contributed by atoms with Crippen LogP contribution in [0.25, 0.3) is 0 Å². The van der Waals surface area contributed by atoms with Crippen molar-refractivity contribution in [3.05, 3.63) is 17.8 Å². The first-order valence-electron chi connectivity index (χ1n) is 7.23. The van der Waals surface area contributed by atoms with E-state index in [1.165, 1.54) is 0 Å². The lowest BCUT2D eigenvalue weighted by Gasteiger charge is -2.28. The molecule has 2 amide bonds. The van der Waals surface area contributed by atoms with Gasteiger partial charge in [0.25, 0.3) is 0 Å². The molecule has 4 unspecified atom stereocenters. The second-order valence-corrected chi connectivity index (χ2v) is 5.91. The fourth-order valence-electron chi connectivity index (χ4n) is 3.70. The molecule has 0 spiro atoms. The van der Waals surface area contributed by atoms with Gasteiger partial charge in [-0.2, -0.15) is 0 Å². The van der Waals surface area contributed by atoms with Crippen molar-refractivity contribution in [2.45, 2.75) is 38.8 Å². The molecule has 2 aliphatic rings. The Labute approximate surface area is 122 Å². The molecular formula is C14H19N3O4. The number of carboxylic acid groups (broad SMARTS) is 1. The molecule has 7 nitrogen and oxygen atoms in total. The summed E-state index contributed by atoms with van der Waals surface area (Å²) < 4.78 is 5.26. The van der Waals surface area contributed by atoms with Crippen LogP contribution >= 0.6 is 0 Å². The topological polar surface area (TPSA) is 104 Å². The van der Waals surface area contributed by atoms with Crippen molar-refractivity contribution < 1.29 is 19.1 Å². The van der Waals surface area contributed by atoms with Gasteiger partial charge >= 0.3 is 12.0 Å². The summed E-state index contributed by atoms with van der Waals surface area (Å²) in [5.74, 6) is 0.337. The average Bonchev–Trinajstić information content (AvgIpc) is 3.11. The maximum absolute atomic E-state index is 11.9. The lowest BCUT2D eigenvalue weighted by Crippen LogP contribution is -2.50. The van der Waals surface area contributed by atoms with Gasteiger partial charge in [0.15, 0.2) is 0 Å². The molecule has 3 rings (SSSR count). The number of oxazole rings is 1. The summed E-state index contributed by atoms with van der Waals surface area (Å²) in [5.41, 5.74) is 0. The van der Waals surface area contributed by atoms with Crippen LogP contribution in [-0.4, -0.2) is 28.1 Å². The molecule has 4 atom stereocenters. The molecule has 0 saturated heterocycles. The second-order valence-electron chi connectivity index (χ2n) is 5.91. The van der Waals surface area contributed by atoms with E-state index in [-0.39, 0.29) is 30.5 Å². The van der Waals surface area contributed by atoms with E-state index in [2.05, 4.69) is 15.6 Å². The molecule has 3 N–H and O–H groups in total. The average molecular weight is 293 g/mol. The predicted molar refractivity (Wildman–Crippen MR) is 72.4 cm³/mol. The zero-order chi connectivity index (χ0) is 15.0. The van der Waals surface area contributed by atoms with Crippen molar-refractivity contribution in [1.29, 1.82) is 0 Å². The van der Waals surface area contributed by atoms with Crippen molar-refractivity contribution in [3.8, 4) is 0 Å². The first-order chi connectivity index (χ1) is 10.0. The van der Waals surface area contributed by atoms with Gasteiger partial charge in [0, 0.05) is 6.04 Å². The lowest BCUT2D eigenvalue weighted by molar-refractivity contribution is -0.144. The monoisotopic (exact) mass is 293 g/mol. The van der Waals surface area contributed by atoms with Crippen molar-refractivity contribution in [3.63, 3.8) is 0 Å². The first kappa shape index (κ1) is 13.9. The number of rotatable bonds is 4. The molecule has 1 aromatic heterocycles. The number of carbonyl (C=O) groups is 2. The van der Waals surface area contributed by atoms with Gasteiger partial charge in [-0.1, -0.05) is 0 Å². The van der Waals surface area contributed by atoms with E-state index < -0.39 is 11.9 Å². The number of nitrogens with one attached hydrogen (secondary N) is 2. The number of carboxylic acids is 1. The summed E-state index contributed by atoms with van der Waals surface area (Å²) >= 11 is 0. The van der Waals surface area contributed by atoms with Crippen LogP contribution in [0.3, 0.4) is 0 Å². The molecule has 0 aliphatic heterocycles. The third-order valence-corrected chi connectivity index (χ3v) is 4.57. The van der Waals surface area contributed by atoms with Crippen LogP contribution in [-0.2, 0) is 11.3 Å². The van der Waals surface area contributed by atoms with Crippen LogP contribution < -0.4 is 10.6 Å². The summed E-state index contributed by atoms with van der Waals surface area (Å²) in [4.78, 5) is 27.3. The Balaban J connectivity index is 1.55. The highest BCUT2D eigenvalue weighted by atomic mass is 16.4. The summed E-state index contributed by atoms with van der Waals surface area (Å²) in [6.45, 7) is 1.97. The summed E-state index contributed by atoms with van der Waals surface area (Å²) in [5, 5.41) is 14.8. The van der Waals surface area contributed by atoms with Gasteiger partial charge in [-0.3, -0.25) is 4.79 Å². The number of aliphatic carboxylic acids is 1. The Morgan fingerprint density at radius 2 is 2.19 bits per heavy atom. The number of urea groups is 1. The number of fused-ring (bicyclic) bond motifs is 2. The number of hydrogen-bond acceptors (Lipinski definition) is 4. The molecule has 114 valence electrons. The van der Waals surface area contributed by atoms with Crippen LogP contribution in [0.15, 0.2) is 10.6 Å². The molecule has 7 heteroatoms. The lowest BCUT2D eigenvalue weighted by atomic mass is 9.84. The van der Waals surface area contributed by atoms with Crippen LogP contribution in [0.2, 0.25) is 0 Å². The van der Waals surface area contributed by atoms with Crippen LogP contribution in [0.1, 0.15) is 30.9 Å². The number of carbonyl (C=O) groups excluding carboxylic acids is 1. The van der Waals surface area contributed by atoms with E-state index >= 15 is 0 Å². The third-order valence-electron chi connectivity index (χ3n) is 4.57. The number of aryl methyl sites for hydroxylation is 1. The molecular weight excluding hydrogens is 274 g/mol. The van der Waals surface area contributed by atoms with Gasteiger partial charge in [-0.05, 0) is 38.0 Å². The van der Waals surface area contributed by atoms with Gasteiger partial charge in [-0.25, -0.2) is 9.78 Å². The van der Waals surface area contributed by atoms with Crippen molar-refractivity contribution in [2.24, 2.45) is 17.8 Å². The van der Waals surface area contributed by atoms with E-state index in [0.717, 1.165) is 19.3 Å². The highest BCUT2D eigenvalue weighted by Crippen LogP contribution is 2.48. The minimum atomic E-state index is -0.809. The normalized spacial score (nSPS) is 30.3. The summed E-state index contributed by atoms with van der Waals surface area (Å²) in [7, 11) is 0. The Morgan fingerprint density at radius 1 is 1.43 bits per heavy atom. The molecule has 21 heavy (non-hydrogen) atoms. The van der Waals surface area contributed by atoms with Crippen LogP contribution in [0, 0.1) is 24.7 Å². The van der Waals surface area contributed by atoms with Crippen LogP contribution in [0.5, 0.6) is 0 Å². The highest BCUT2D eigenvalue weighted by molar-refractivity contribution is 5.77. The van der Waals surface area contributed by atoms with E-state index in [4.69, 9.17) is 4.42 Å². The zero-order valence-electron chi connectivity index (χ0n) is 11.8. The van der Waals surface area contributed by atoms with E-state index in [1.54, 1.807) is 13.1 Å². The fraction of sp³-hybridized carbons (Fsp3) is 0.643. The maximum Gasteiger partial charge on any atom is 0.315 e. The van der Waals surface area contributed by atoms with Gasteiger partial charge in [-0.15, -0.1) is 0 Å². The third kappa shape index (κ3) is 2.72. The molecule has 2 saturated carbocycles. The quantitative estimate of drug-likeness (QED) is 0.775. The van der Waals surface area contributed by atoms with Crippen molar-refractivity contribution >= 4 is 12.0 Å². The first-order valence-corrected chi connectivity index (χ1v) is 7.23. The number of nitrogens with zero attached hydrogens (tertiary/aromatic N) is 1. The SMILES string of the molecule is Cc1cnc(CNC(=O)NC2C3CCC(C3)C2C(=O)O)o1. The second kappa shape index (κ2) is 5.38. The van der Waals surface area contributed by atoms with Crippen molar-refractivity contribution in [1.82, 2.24) is 15.6 Å². The summed E-state index contributed by atoms with van der Waals surface area (Å²) in [6, 6.07) is -0.637. The smallest absolute Gasteiger partial charge is 0.315 e. The minimum absolute atomic E-state index is 0.193. The van der Waals surface area contributed by atoms with Crippen molar-refractivity contribution in [2.75, 3.05) is 0 Å². The molecule has 2 bridgehead atoms. The molecule has 0 radical (unpaired) electrons. The fourth-order valence-corrected chi connectivity index (χ4v) is 3.70. The Hall–Kier alpha value is -2.05. The number of aromatic nitrogens is 1. The minimum Gasteiger partial charge on any atom is -0.481 e. The molecule has 2 fully saturated rings. The van der Waals surface area contributed by atoms with Gasteiger partial charge in [0.2, 0.25) is 5.89 Å². The van der Waals surface area contributed by atoms with E-state index in [1.807, 2.05) is 0 Å². The van der Waals surface area contributed by atoms with Gasteiger partial charge < -0.3 is 20.2 Å². The van der Waals surface area contributed by atoms with Gasteiger partial charge in [0.1, 0.15) is 5.76 Å². The van der Waals surface area contributed by atoms with E-state index in [0.29, 0.717) is 11.7 Å². The molecule has 1 heterocycles. The van der Waals surface area contributed by atoms with Gasteiger partial charge in [0.05, 0.1) is 18.7 Å². The Morgan fingerprint density at radius 3 is 2.86 bits per heavy atom. The number of amides is 2. The summed E-state index contributed by atoms with van der Waals surface area (Å²) in [6.07, 6.45) is 4.45. The maximum atomic E-state index is 11.9. The Bertz CT molecular complexity index is 556. The predicted octanol–water partition coefficient (Wildman–Crippen LogP) is 1.28. The number of hydrogen-bond donors (Lipinski definition) is 3. The van der Waals surface area contributed by atoms with E-state index in [9.17, 15) is 14.7 Å². The largest absolute Gasteiger partial charge is 0.481 e. The molecule has 0 aromatic carbocycles. The highest BCUT2D eigenvalue weighted by Gasteiger charge is 2.51. The molecule has 2 aliphatic carbocycles. The standard InChI is InChI=1S/C14H19N3O4/c1-7-5-15-10(21-7)6-16-14(20)17-12-9-3-2-8(4-9)11(12)13(18)19/h5,8-9,11-12H,2-4,6H2,1H3,(H,18,19)(H2,16,17,20). The molecule has 1 aromatic rings. The zero-order valence-corrected chi connectivity index (χ0v) is 11.8.